The van der Waals surface area contributed by atoms with Gasteiger partial charge in [0.05, 0.1) is 6.26 Å². The number of carbonyl (C=O) groups is 1. The van der Waals surface area contributed by atoms with Gasteiger partial charge in [0.25, 0.3) is 0 Å². The average Bonchev–Trinajstić information content (AvgIpc) is 3.22. The van der Waals surface area contributed by atoms with Crippen LogP contribution in [-0.4, -0.2) is 54.8 Å². The van der Waals surface area contributed by atoms with E-state index < -0.39 is 5.60 Å². The van der Waals surface area contributed by atoms with Crippen molar-refractivity contribution < 1.29 is 13.9 Å². The van der Waals surface area contributed by atoms with E-state index in [0.29, 0.717) is 13.1 Å². The van der Waals surface area contributed by atoms with Gasteiger partial charge in [-0.1, -0.05) is 6.92 Å². The summed E-state index contributed by atoms with van der Waals surface area (Å²) in [5, 5.41) is 6.78. The highest BCUT2D eigenvalue weighted by atomic mass is 16.6. The normalized spacial score (nSPS) is 18.1. The monoisotopic (exact) mass is 364 g/mol. The number of furan rings is 1. The van der Waals surface area contributed by atoms with Crippen molar-refractivity contribution in [2.24, 2.45) is 4.99 Å². The third-order valence-electron chi connectivity index (χ3n) is 3.92. The molecule has 26 heavy (non-hydrogen) atoms. The van der Waals surface area contributed by atoms with Gasteiger partial charge in [-0.3, -0.25) is 4.99 Å². The molecule has 146 valence electrons. The molecule has 1 aromatic heterocycles. The molecule has 1 unspecified atom stereocenters. The van der Waals surface area contributed by atoms with Crippen LogP contribution in [0.5, 0.6) is 0 Å². The Morgan fingerprint density at radius 2 is 2.27 bits per heavy atom. The van der Waals surface area contributed by atoms with Crippen molar-refractivity contribution in [3.63, 3.8) is 0 Å². The number of ether oxygens (including phenoxy) is 1. The average molecular weight is 364 g/mol. The van der Waals surface area contributed by atoms with Gasteiger partial charge < -0.3 is 24.7 Å². The molecule has 0 aromatic carbocycles. The number of aliphatic imine (C=N–C) groups is 1. The molecule has 1 aromatic rings. The predicted molar refractivity (Wildman–Crippen MR) is 102 cm³/mol. The smallest absolute Gasteiger partial charge is 0.410 e. The van der Waals surface area contributed by atoms with Gasteiger partial charge >= 0.3 is 6.09 Å². The van der Waals surface area contributed by atoms with E-state index in [1.807, 2.05) is 32.9 Å². The largest absolute Gasteiger partial charge is 0.469 e. The summed E-state index contributed by atoms with van der Waals surface area (Å²) in [5.74, 6) is 1.73. The van der Waals surface area contributed by atoms with Gasteiger partial charge in [0.15, 0.2) is 5.96 Å². The number of likely N-dealkylation sites (tertiary alicyclic amines) is 1. The van der Waals surface area contributed by atoms with Crippen LogP contribution in [0, 0.1) is 0 Å². The Morgan fingerprint density at radius 1 is 1.46 bits per heavy atom. The summed E-state index contributed by atoms with van der Waals surface area (Å²) in [6, 6.07) is 4.03. The number of carbonyl (C=O) groups excluding carboxylic acids is 1. The van der Waals surface area contributed by atoms with Gasteiger partial charge in [-0.2, -0.15) is 0 Å². The van der Waals surface area contributed by atoms with Crippen LogP contribution in [0.1, 0.15) is 46.3 Å². The van der Waals surface area contributed by atoms with Gasteiger partial charge in [0.1, 0.15) is 11.4 Å². The fourth-order valence-electron chi connectivity index (χ4n) is 2.70. The minimum absolute atomic E-state index is 0.175. The molecule has 1 fully saturated rings. The lowest BCUT2D eigenvalue weighted by atomic mass is 10.2. The molecule has 2 rings (SSSR count). The van der Waals surface area contributed by atoms with Gasteiger partial charge in [-0.15, -0.1) is 0 Å². The zero-order valence-electron chi connectivity index (χ0n) is 16.4. The molecule has 1 amide bonds. The van der Waals surface area contributed by atoms with Gasteiger partial charge in [-0.25, -0.2) is 4.79 Å². The molecule has 2 heterocycles. The van der Waals surface area contributed by atoms with Crippen molar-refractivity contribution >= 4 is 12.1 Å². The summed E-state index contributed by atoms with van der Waals surface area (Å²) in [5.41, 5.74) is -0.469. The van der Waals surface area contributed by atoms with Crippen LogP contribution in [0.3, 0.4) is 0 Å². The molecular weight excluding hydrogens is 332 g/mol. The summed E-state index contributed by atoms with van der Waals surface area (Å²) >= 11 is 0. The van der Waals surface area contributed by atoms with E-state index in [9.17, 15) is 4.79 Å². The zero-order chi connectivity index (χ0) is 19.0. The minimum Gasteiger partial charge on any atom is -0.469 e. The maximum absolute atomic E-state index is 12.2. The minimum atomic E-state index is -0.469. The third-order valence-corrected chi connectivity index (χ3v) is 3.92. The molecule has 2 N–H and O–H groups in total. The van der Waals surface area contributed by atoms with Crippen molar-refractivity contribution in [1.82, 2.24) is 15.5 Å². The Labute approximate surface area is 156 Å². The molecule has 7 heteroatoms. The number of hydrogen-bond acceptors (Lipinski definition) is 4. The number of hydrogen-bond donors (Lipinski definition) is 2. The molecule has 0 radical (unpaired) electrons. The number of nitrogens with one attached hydrogen (secondary N) is 2. The highest BCUT2D eigenvalue weighted by molar-refractivity contribution is 5.80. The van der Waals surface area contributed by atoms with E-state index in [4.69, 9.17) is 9.15 Å². The van der Waals surface area contributed by atoms with Gasteiger partial charge in [0, 0.05) is 38.6 Å². The summed E-state index contributed by atoms with van der Waals surface area (Å²) in [6.07, 6.45) is 4.10. The molecule has 1 atom stereocenters. The lowest BCUT2D eigenvalue weighted by molar-refractivity contribution is 0.0292. The van der Waals surface area contributed by atoms with Gasteiger partial charge in [0.2, 0.25) is 0 Å². The number of amides is 1. The Morgan fingerprint density at radius 3 is 2.92 bits per heavy atom. The van der Waals surface area contributed by atoms with E-state index >= 15 is 0 Å². The maximum Gasteiger partial charge on any atom is 0.410 e. The Kier molecular flexibility index (Phi) is 7.36. The van der Waals surface area contributed by atoms with Crippen LogP contribution in [0.2, 0.25) is 0 Å². The first-order valence-electron chi connectivity index (χ1n) is 9.42. The van der Waals surface area contributed by atoms with E-state index in [1.54, 1.807) is 11.2 Å². The number of nitrogens with zero attached hydrogens (tertiary/aromatic N) is 2. The fraction of sp³-hybridized carbons (Fsp3) is 0.684. The standard InChI is InChI=1S/C19H32N4O3/c1-5-10-20-17(21-11-8-16-7-6-13-25-16)22-15-9-12-23(14-15)18(24)26-19(2,3)4/h6-7,13,15H,5,8-12,14H2,1-4H3,(H2,20,21,22). The first kappa shape index (κ1) is 20.1. The molecule has 0 spiro atoms. The Balaban J connectivity index is 1.81. The van der Waals surface area contributed by atoms with Crippen molar-refractivity contribution in [1.29, 1.82) is 0 Å². The summed E-state index contributed by atoms with van der Waals surface area (Å²) in [7, 11) is 0. The maximum atomic E-state index is 12.2. The highest BCUT2D eigenvalue weighted by Gasteiger charge is 2.30. The van der Waals surface area contributed by atoms with E-state index in [1.165, 1.54) is 0 Å². The molecule has 0 saturated carbocycles. The quantitative estimate of drug-likeness (QED) is 0.599. The summed E-state index contributed by atoms with van der Waals surface area (Å²) in [4.78, 5) is 18.5. The number of rotatable bonds is 6. The van der Waals surface area contributed by atoms with E-state index in [0.717, 1.165) is 44.1 Å². The SMILES string of the molecule is CCCN=C(NCCc1ccco1)NC1CCN(C(=O)OC(C)(C)C)C1. The van der Waals surface area contributed by atoms with Crippen LogP contribution in [0.15, 0.2) is 27.8 Å². The highest BCUT2D eigenvalue weighted by Crippen LogP contribution is 2.15. The van der Waals surface area contributed by atoms with Crippen LogP contribution in [-0.2, 0) is 11.2 Å². The molecule has 1 aliphatic heterocycles. The van der Waals surface area contributed by atoms with Crippen molar-refractivity contribution in [2.75, 3.05) is 26.2 Å². The predicted octanol–water partition coefficient (Wildman–Crippen LogP) is 2.78. The summed E-state index contributed by atoms with van der Waals surface area (Å²) in [6.45, 7) is 10.6. The van der Waals surface area contributed by atoms with Crippen LogP contribution < -0.4 is 10.6 Å². The fourth-order valence-corrected chi connectivity index (χ4v) is 2.70. The van der Waals surface area contributed by atoms with Crippen LogP contribution >= 0.6 is 0 Å². The third kappa shape index (κ3) is 6.98. The van der Waals surface area contributed by atoms with Crippen LogP contribution in [0.4, 0.5) is 4.79 Å². The number of guanidine groups is 1. The van der Waals surface area contributed by atoms with Gasteiger partial charge in [-0.05, 0) is 45.7 Å². The molecule has 7 nitrogen and oxygen atoms in total. The zero-order valence-corrected chi connectivity index (χ0v) is 16.4. The van der Waals surface area contributed by atoms with Crippen LogP contribution in [0.25, 0.3) is 0 Å². The molecular formula is C19H32N4O3. The second-order valence-electron chi connectivity index (χ2n) is 7.54. The Bertz CT molecular complexity index is 578. The van der Waals surface area contributed by atoms with E-state index in [2.05, 4.69) is 22.5 Å². The molecule has 1 saturated heterocycles. The molecule has 0 bridgehead atoms. The first-order valence-corrected chi connectivity index (χ1v) is 9.42. The second kappa shape index (κ2) is 9.50. The van der Waals surface area contributed by atoms with Crippen molar-refractivity contribution in [3.05, 3.63) is 24.2 Å². The lowest BCUT2D eigenvalue weighted by Crippen LogP contribution is -2.46. The molecule has 0 aliphatic carbocycles. The topological polar surface area (TPSA) is 79.1 Å². The Hall–Kier alpha value is -2.18. The second-order valence-corrected chi connectivity index (χ2v) is 7.54. The lowest BCUT2D eigenvalue weighted by Gasteiger charge is -2.24. The van der Waals surface area contributed by atoms with Crippen molar-refractivity contribution in [2.45, 2.75) is 58.6 Å². The molecule has 1 aliphatic rings. The first-order chi connectivity index (χ1) is 12.4. The van der Waals surface area contributed by atoms with E-state index in [-0.39, 0.29) is 12.1 Å². The summed E-state index contributed by atoms with van der Waals surface area (Å²) < 4.78 is 10.8. The van der Waals surface area contributed by atoms with Crippen molar-refractivity contribution in [3.8, 4) is 0 Å².